The molecule has 28 heavy (non-hydrogen) atoms. The van der Waals surface area contributed by atoms with E-state index in [2.05, 4.69) is 10.4 Å². The molecule has 4 aromatic rings. The van der Waals surface area contributed by atoms with Crippen LogP contribution in [0, 0.1) is 0 Å². The largest absolute Gasteiger partial charge is 0.463 e. The van der Waals surface area contributed by atoms with Crippen molar-refractivity contribution in [2.45, 2.75) is 6.92 Å². The predicted octanol–water partition coefficient (Wildman–Crippen LogP) is 4.59. The van der Waals surface area contributed by atoms with Crippen LogP contribution in [0.15, 0.2) is 83.5 Å². The molecule has 0 saturated heterocycles. The van der Waals surface area contributed by atoms with E-state index >= 15 is 0 Å². The number of ketones is 1. The third-order valence-electron chi connectivity index (χ3n) is 4.27. The van der Waals surface area contributed by atoms with Gasteiger partial charge in [-0.3, -0.25) is 9.59 Å². The van der Waals surface area contributed by atoms with Crippen LogP contribution in [0.25, 0.3) is 17.1 Å². The van der Waals surface area contributed by atoms with Crippen LogP contribution in [0.3, 0.4) is 0 Å². The first kappa shape index (κ1) is 17.5. The van der Waals surface area contributed by atoms with Crippen molar-refractivity contribution in [3.63, 3.8) is 0 Å². The Balaban J connectivity index is 1.76. The maximum Gasteiger partial charge on any atom is 0.274 e. The minimum Gasteiger partial charge on any atom is -0.463 e. The van der Waals surface area contributed by atoms with Crippen LogP contribution in [0.4, 0.5) is 5.69 Å². The molecule has 1 amide bonds. The lowest BCUT2D eigenvalue weighted by molar-refractivity contribution is 0.101. The van der Waals surface area contributed by atoms with E-state index in [9.17, 15) is 9.59 Å². The first-order chi connectivity index (χ1) is 13.6. The number of aromatic nitrogens is 2. The van der Waals surface area contributed by atoms with E-state index in [4.69, 9.17) is 4.42 Å². The highest BCUT2D eigenvalue weighted by Crippen LogP contribution is 2.24. The Morgan fingerprint density at radius 2 is 1.71 bits per heavy atom. The normalized spacial score (nSPS) is 10.6. The predicted molar refractivity (Wildman–Crippen MR) is 106 cm³/mol. The van der Waals surface area contributed by atoms with Crippen LogP contribution in [0.2, 0.25) is 0 Å². The Hall–Kier alpha value is -3.93. The zero-order chi connectivity index (χ0) is 19.5. The standard InChI is InChI=1S/C22H17N3O3/c1-15(26)17-10-5-6-11-18(17)23-22(27)20-14-19(21-12-7-13-28-21)24-25(20)16-8-3-2-4-9-16/h2-14H,1H3,(H,23,27). The summed E-state index contributed by atoms with van der Waals surface area (Å²) in [6, 6.07) is 21.5. The second-order valence-electron chi connectivity index (χ2n) is 6.20. The molecular weight excluding hydrogens is 354 g/mol. The van der Waals surface area contributed by atoms with Crippen LogP contribution in [0.1, 0.15) is 27.8 Å². The summed E-state index contributed by atoms with van der Waals surface area (Å²) in [5.41, 5.74) is 2.52. The lowest BCUT2D eigenvalue weighted by atomic mass is 10.1. The van der Waals surface area contributed by atoms with Gasteiger partial charge in [-0.25, -0.2) is 4.68 Å². The minimum absolute atomic E-state index is 0.122. The van der Waals surface area contributed by atoms with Crippen LogP contribution in [-0.2, 0) is 0 Å². The van der Waals surface area contributed by atoms with Gasteiger partial charge in [0.15, 0.2) is 11.5 Å². The molecule has 6 nitrogen and oxygen atoms in total. The van der Waals surface area contributed by atoms with E-state index in [1.54, 1.807) is 53.4 Å². The van der Waals surface area contributed by atoms with Gasteiger partial charge >= 0.3 is 0 Å². The van der Waals surface area contributed by atoms with Gasteiger partial charge in [0.1, 0.15) is 11.4 Å². The average molecular weight is 371 g/mol. The van der Waals surface area contributed by atoms with Crippen LogP contribution in [0.5, 0.6) is 0 Å². The highest BCUT2D eigenvalue weighted by molar-refractivity contribution is 6.08. The number of benzene rings is 2. The zero-order valence-electron chi connectivity index (χ0n) is 15.1. The number of rotatable bonds is 5. The summed E-state index contributed by atoms with van der Waals surface area (Å²) in [5.74, 6) is 0.0690. The second kappa shape index (κ2) is 7.36. The molecule has 0 unspecified atom stereocenters. The number of para-hydroxylation sites is 2. The van der Waals surface area contributed by atoms with Crippen molar-refractivity contribution in [2.75, 3.05) is 5.32 Å². The van der Waals surface area contributed by atoms with Gasteiger partial charge in [-0.15, -0.1) is 0 Å². The Morgan fingerprint density at radius 1 is 0.964 bits per heavy atom. The summed E-state index contributed by atoms with van der Waals surface area (Å²) < 4.78 is 6.98. The topological polar surface area (TPSA) is 77.1 Å². The smallest absolute Gasteiger partial charge is 0.274 e. The molecule has 6 heteroatoms. The maximum absolute atomic E-state index is 13.1. The molecule has 1 N–H and O–H groups in total. The molecule has 0 bridgehead atoms. The molecule has 0 aliphatic rings. The first-order valence-electron chi connectivity index (χ1n) is 8.74. The van der Waals surface area contributed by atoms with Crippen molar-refractivity contribution in [3.8, 4) is 17.1 Å². The van der Waals surface area contributed by atoms with E-state index in [1.807, 2.05) is 30.3 Å². The average Bonchev–Trinajstić information content (AvgIpc) is 3.39. The van der Waals surface area contributed by atoms with Crippen molar-refractivity contribution in [1.82, 2.24) is 9.78 Å². The number of anilines is 1. The molecule has 0 atom stereocenters. The van der Waals surface area contributed by atoms with Gasteiger partial charge in [0.05, 0.1) is 17.6 Å². The summed E-state index contributed by atoms with van der Waals surface area (Å²) in [6.07, 6.45) is 1.56. The highest BCUT2D eigenvalue weighted by atomic mass is 16.3. The molecule has 0 aliphatic heterocycles. The van der Waals surface area contributed by atoms with Gasteiger partial charge in [0.25, 0.3) is 5.91 Å². The van der Waals surface area contributed by atoms with Crippen LogP contribution in [-0.4, -0.2) is 21.5 Å². The maximum atomic E-state index is 13.1. The van der Waals surface area contributed by atoms with Crippen molar-refractivity contribution in [3.05, 3.63) is 90.3 Å². The minimum atomic E-state index is -0.372. The van der Waals surface area contributed by atoms with Crippen LogP contribution >= 0.6 is 0 Å². The summed E-state index contributed by atoms with van der Waals surface area (Å²) >= 11 is 0. The van der Waals surface area contributed by atoms with Gasteiger partial charge in [-0.2, -0.15) is 5.10 Å². The van der Waals surface area contributed by atoms with E-state index in [0.29, 0.717) is 28.4 Å². The molecule has 2 aromatic carbocycles. The van der Waals surface area contributed by atoms with Gasteiger partial charge in [-0.1, -0.05) is 30.3 Å². The number of carbonyl (C=O) groups is 2. The summed E-state index contributed by atoms with van der Waals surface area (Å²) in [6.45, 7) is 1.47. The van der Waals surface area contributed by atoms with Gasteiger partial charge in [0.2, 0.25) is 0 Å². The third-order valence-corrected chi connectivity index (χ3v) is 4.27. The Morgan fingerprint density at radius 3 is 2.43 bits per heavy atom. The number of furan rings is 1. The van der Waals surface area contributed by atoms with E-state index in [-0.39, 0.29) is 11.7 Å². The lowest BCUT2D eigenvalue weighted by Crippen LogP contribution is -2.18. The summed E-state index contributed by atoms with van der Waals surface area (Å²) in [4.78, 5) is 24.9. The number of nitrogens with one attached hydrogen (secondary N) is 1. The monoisotopic (exact) mass is 371 g/mol. The number of hydrogen-bond acceptors (Lipinski definition) is 4. The summed E-state index contributed by atoms with van der Waals surface area (Å²) in [7, 11) is 0. The molecule has 0 aliphatic carbocycles. The fourth-order valence-corrected chi connectivity index (χ4v) is 2.94. The fourth-order valence-electron chi connectivity index (χ4n) is 2.94. The van der Waals surface area contributed by atoms with Crippen molar-refractivity contribution in [1.29, 1.82) is 0 Å². The molecule has 0 fully saturated rings. The summed E-state index contributed by atoms with van der Waals surface area (Å²) in [5, 5.41) is 7.36. The number of Topliss-reactive ketones (excluding diaryl/α,β-unsaturated/α-hetero) is 1. The van der Waals surface area contributed by atoms with Crippen molar-refractivity contribution >= 4 is 17.4 Å². The number of hydrogen-bond donors (Lipinski definition) is 1. The van der Waals surface area contributed by atoms with Crippen molar-refractivity contribution < 1.29 is 14.0 Å². The van der Waals surface area contributed by atoms with E-state index in [1.165, 1.54) is 6.92 Å². The number of nitrogens with zero attached hydrogens (tertiary/aromatic N) is 2. The Labute approximate surface area is 161 Å². The quantitative estimate of drug-likeness (QED) is 0.521. The molecule has 0 saturated carbocycles. The lowest BCUT2D eigenvalue weighted by Gasteiger charge is -2.10. The third kappa shape index (κ3) is 3.35. The first-order valence-corrected chi connectivity index (χ1v) is 8.74. The van der Waals surface area contributed by atoms with Gasteiger partial charge < -0.3 is 9.73 Å². The molecular formula is C22H17N3O3. The van der Waals surface area contributed by atoms with E-state index < -0.39 is 0 Å². The molecule has 2 aromatic heterocycles. The Bertz CT molecular complexity index is 1130. The zero-order valence-corrected chi connectivity index (χ0v) is 15.1. The van der Waals surface area contributed by atoms with Gasteiger partial charge in [0, 0.05) is 11.6 Å². The van der Waals surface area contributed by atoms with Crippen molar-refractivity contribution in [2.24, 2.45) is 0 Å². The van der Waals surface area contributed by atoms with E-state index in [0.717, 1.165) is 5.69 Å². The Kier molecular flexibility index (Phi) is 4.60. The SMILES string of the molecule is CC(=O)c1ccccc1NC(=O)c1cc(-c2ccco2)nn1-c1ccccc1. The van der Waals surface area contributed by atoms with Gasteiger partial charge in [-0.05, 0) is 43.3 Å². The molecule has 4 rings (SSSR count). The molecule has 0 spiro atoms. The number of amides is 1. The van der Waals surface area contributed by atoms with Crippen LogP contribution < -0.4 is 5.32 Å². The number of carbonyl (C=O) groups excluding carboxylic acids is 2. The highest BCUT2D eigenvalue weighted by Gasteiger charge is 2.20. The second-order valence-corrected chi connectivity index (χ2v) is 6.20. The molecule has 138 valence electrons. The molecule has 0 radical (unpaired) electrons. The fraction of sp³-hybridized carbons (Fsp3) is 0.0455. The molecule has 2 heterocycles.